The van der Waals surface area contributed by atoms with Crippen LogP contribution in [0.4, 0.5) is 0 Å². The number of fused-ring (bicyclic) bond motifs is 2. The summed E-state index contributed by atoms with van der Waals surface area (Å²) in [5.41, 5.74) is 0.0479. The molecule has 2 atom stereocenters. The number of hydrogen-bond donors (Lipinski definition) is 1. The number of nitrogens with zero attached hydrogens (tertiary/aromatic N) is 2. The van der Waals surface area contributed by atoms with Crippen molar-refractivity contribution in [2.45, 2.75) is 48.2 Å². The van der Waals surface area contributed by atoms with Crippen LogP contribution in [0.2, 0.25) is 0 Å². The van der Waals surface area contributed by atoms with Crippen LogP contribution in [-0.4, -0.2) is 24.8 Å². The summed E-state index contributed by atoms with van der Waals surface area (Å²) in [7, 11) is -0.816. The average Bonchev–Trinajstić information content (AvgIpc) is 2.41. The average molecular weight is 276 g/mol. The van der Waals surface area contributed by atoms with Crippen molar-refractivity contribution in [2.75, 3.05) is 0 Å². The number of rotatable bonds is 1. The first-order valence-electron chi connectivity index (χ1n) is 6.61. The minimum Gasteiger partial charge on any atom is -0.383 e. The van der Waals surface area contributed by atoms with E-state index >= 15 is 0 Å². The second-order valence-corrected chi connectivity index (χ2v) is 7.48. The second kappa shape index (κ2) is 4.69. The Hall–Kier alpha value is -1.25. The highest BCUT2D eigenvalue weighted by Crippen LogP contribution is 2.43. The first-order valence-corrected chi connectivity index (χ1v) is 7.88. The van der Waals surface area contributed by atoms with Crippen LogP contribution in [0.3, 0.4) is 0 Å². The van der Waals surface area contributed by atoms with Gasteiger partial charge in [-0.2, -0.15) is 5.26 Å². The molecule has 0 saturated carbocycles. The molecule has 4 nitrogen and oxygen atoms in total. The normalized spacial score (nSPS) is 37.6. The van der Waals surface area contributed by atoms with Gasteiger partial charge in [0.2, 0.25) is 0 Å². The molecule has 0 aliphatic carbocycles. The Kier molecular flexibility index (Phi) is 3.15. The van der Waals surface area contributed by atoms with Gasteiger partial charge in [-0.05, 0) is 37.8 Å². The van der Waals surface area contributed by atoms with E-state index in [2.05, 4.69) is 11.1 Å². The maximum absolute atomic E-state index is 12.2. The molecule has 2 aliphatic heterocycles. The van der Waals surface area contributed by atoms with Gasteiger partial charge in [-0.1, -0.05) is 6.42 Å². The van der Waals surface area contributed by atoms with Crippen LogP contribution >= 0.6 is 0 Å². The van der Waals surface area contributed by atoms with Gasteiger partial charge in [0.25, 0.3) is 0 Å². The Balaban J connectivity index is 1.95. The third-order valence-electron chi connectivity index (χ3n) is 4.21. The van der Waals surface area contributed by atoms with Gasteiger partial charge < -0.3 is 5.11 Å². The lowest BCUT2D eigenvalue weighted by molar-refractivity contribution is 0.00247. The molecular formula is C14H16N2O2S. The highest BCUT2D eigenvalue weighted by atomic mass is 32.2. The van der Waals surface area contributed by atoms with Crippen LogP contribution in [0.1, 0.15) is 43.4 Å². The summed E-state index contributed by atoms with van der Waals surface area (Å²) in [4.78, 5) is 4.24. The van der Waals surface area contributed by atoms with Crippen molar-refractivity contribution >= 4 is 10.8 Å². The van der Waals surface area contributed by atoms with E-state index in [0.29, 0.717) is 24.1 Å². The third kappa shape index (κ3) is 2.19. The van der Waals surface area contributed by atoms with Crippen LogP contribution < -0.4 is 0 Å². The van der Waals surface area contributed by atoms with Crippen LogP contribution in [0, 0.1) is 11.3 Å². The third-order valence-corrected chi connectivity index (χ3v) is 6.32. The zero-order valence-electron chi connectivity index (χ0n) is 10.6. The summed E-state index contributed by atoms with van der Waals surface area (Å²) in [6.07, 6.45) is 5.50. The number of aliphatic hydroxyl groups is 1. The zero-order chi connectivity index (χ0) is 13.5. The van der Waals surface area contributed by atoms with Gasteiger partial charge in [-0.15, -0.1) is 0 Å². The van der Waals surface area contributed by atoms with E-state index in [1.54, 1.807) is 18.3 Å². The molecule has 2 unspecified atom stereocenters. The van der Waals surface area contributed by atoms with Crippen LogP contribution in [-0.2, 0) is 16.4 Å². The SMILES string of the molecule is N#Cc1ccnc(C2(O)CC3CCCC(C2)S3=O)c1. The lowest BCUT2D eigenvalue weighted by Gasteiger charge is -2.43. The second-order valence-electron chi connectivity index (χ2n) is 5.48. The molecule has 3 heterocycles. The first-order chi connectivity index (χ1) is 9.12. The van der Waals surface area contributed by atoms with Gasteiger partial charge in [0.05, 0.1) is 17.3 Å². The Bertz CT molecular complexity index is 551. The molecule has 0 amide bonds. The lowest BCUT2D eigenvalue weighted by atomic mass is 9.82. The summed E-state index contributed by atoms with van der Waals surface area (Å²) < 4.78 is 12.2. The Morgan fingerprint density at radius 3 is 2.74 bits per heavy atom. The highest BCUT2D eigenvalue weighted by molar-refractivity contribution is 7.86. The van der Waals surface area contributed by atoms with Crippen molar-refractivity contribution in [1.29, 1.82) is 5.26 Å². The van der Waals surface area contributed by atoms with Gasteiger partial charge in [0.1, 0.15) is 5.60 Å². The Labute approximate surface area is 114 Å². The topological polar surface area (TPSA) is 74.0 Å². The fraction of sp³-hybridized carbons (Fsp3) is 0.571. The van der Waals surface area contributed by atoms with Crippen molar-refractivity contribution < 1.29 is 9.32 Å². The fourth-order valence-electron chi connectivity index (χ4n) is 3.25. The summed E-state index contributed by atoms with van der Waals surface area (Å²) in [5.74, 6) is 0. The minimum absolute atomic E-state index is 0.0741. The van der Waals surface area contributed by atoms with E-state index in [4.69, 9.17) is 5.26 Å². The van der Waals surface area contributed by atoms with Crippen molar-refractivity contribution in [2.24, 2.45) is 0 Å². The first kappa shape index (κ1) is 12.8. The van der Waals surface area contributed by atoms with Crippen molar-refractivity contribution in [1.82, 2.24) is 4.98 Å². The summed E-state index contributed by atoms with van der Waals surface area (Å²) in [6.45, 7) is 0. The molecule has 0 radical (unpaired) electrons. The summed E-state index contributed by atoms with van der Waals surface area (Å²) >= 11 is 0. The number of hydrogen-bond acceptors (Lipinski definition) is 4. The van der Waals surface area contributed by atoms with Gasteiger partial charge in [0.15, 0.2) is 0 Å². The molecule has 3 rings (SSSR count). The van der Waals surface area contributed by atoms with E-state index in [9.17, 15) is 9.32 Å². The van der Waals surface area contributed by atoms with Crippen LogP contribution in [0.15, 0.2) is 18.3 Å². The molecule has 0 aromatic carbocycles. The standard InChI is InChI=1S/C14H16N2O2S/c15-9-10-4-5-16-13(6-10)14(17)7-11-2-1-3-12(8-14)19(11)18/h4-6,11-12,17H,1-3,7-8H2. The zero-order valence-corrected chi connectivity index (χ0v) is 11.4. The maximum atomic E-state index is 12.2. The van der Waals surface area contributed by atoms with Crippen LogP contribution in [0.25, 0.3) is 0 Å². The molecular weight excluding hydrogens is 260 g/mol. The molecule has 2 fully saturated rings. The lowest BCUT2D eigenvalue weighted by Crippen LogP contribution is -2.47. The van der Waals surface area contributed by atoms with E-state index < -0.39 is 16.4 Å². The summed E-state index contributed by atoms with van der Waals surface area (Å²) in [6, 6.07) is 5.36. The van der Waals surface area contributed by atoms with Gasteiger partial charge in [0, 0.05) is 27.5 Å². The smallest absolute Gasteiger partial charge is 0.109 e. The van der Waals surface area contributed by atoms with E-state index in [0.717, 1.165) is 19.3 Å². The predicted octanol–water partition coefficient (Wildman–Crippen LogP) is 1.60. The maximum Gasteiger partial charge on any atom is 0.109 e. The van der Waals surface area contributed by atoms with E-state index in [1.165, 1.54) is 0 Å². The molecule has 2 bridgehead atoms. The minimum atomic E-state index is -1.02. The number of pyridine rings is 1. The molecule has 100 valence electrons. The highest BCUT2D eigenvalue weighted by Gasteiger charge is 2.47. The molecule has 1 N–H and O–H groups in total. The fourth-order valence-corrected chi connectivity index (χ4v) is 5.47. The number of nitriles is 1. The molecule has 2 aliphatic rings. The van der Waals surface area contributed by atoms with Crippen molar-refractivity contribution in [3.8, 4) is 6.07 Å². The van der Waals surface area contributed by atoms with Gasteiger partial charge >= 0.3 is 0 Å². The van der Waals surface area contributed by atoms with E-state index in [1.807, 2.05) is 0 Å². The Morgan fingerprint density at radius 1 is 1.42 bits per heavy atom. The van der Waals surface area contributed by atoms with Crippen molar-refractivity contribution in [3.05, 3.63) is 29.6 Å². The number of aromatic nitrogens is 1. The Morgan fingerprint density at radius 2 is 2.11 bits per heavy atom. The molecule has 5 heteroatoms. The molecule has 2 saturated heterocycles. The quantitative estimate of drug-likeness (QED) is 0.845. The largest absolute Gasteiger partial charge is 0.383 e. The van der Waals surface area contributed by atoms with Crippen molar-refractivity contribution in [3.63, 3.8) is 0 Å². The van der Waals surface area contributed by atoms with E-state index in [-0.39, 0.29) is 10.5 Å². The van der Waals surface area contributed by atoms with Gasteiger partial charge in [-0.25, -0.2) is 0 Å². The molecule has 1 aromatic rings. The molecule has 1 aromatic heterocycles. The molecule has 0 spiro atoms. The van der Waals surface area contributed by atoms with Gasteiger partial charge in [-0.3, -0.25) is 9.19 Å². The van der Waals surface area contributed by atoms with Crippen LogP contribution in [0.5, 0.6) is 0 Å². The monoisotopic (exact) mass is 276 g/mol. The molecule has 19 heavy (non-hydrogen) atoms. The summed E-state index contributed by atoms with van der Waals surface area (Å²) in [5, 5.41) is 20.0. The predicted molar refractivity (Wildman–Crippen MR) is 71.7 cm³/mol.